The Kier molecular flexibility index (Phi) is 5.97. The predicted molar refractivity (Wildman–Crippen MR) is 116 cm³/mol. The molecule has 2 amide bonds. The molecule has 4 fully saturated rings. The number of nitriles is 1. The number of fused-ring (bicyclic) bond motifs is 3. The summed E-state index contributed by atoms with van der Waals surface area (Å²) in [7, 11) is 1.81. The van der Waals surface area contributed by atoms with Gasteiger partial charge in [-0.2, -0.15) is 5.26 Å². The smallest absolute Gasteiger partial charge is 0.237 e. The summed E-state index contributed by atoms with van der Waals surface area (Å²) >= 11 is 5.97. The molecule has 0 aromatic heterocycles. The molecule has 1 aliphatic heterocycles. The quantitative estimate of drug-likeness (QED) is 0.751. The lowest BCUT2D eigenvalue weighted by atomic mass is 9.56. The molecule has 0 spiro atoms. The van der Waals surface area contributed by atoms with Crippen molar-refractivity contribution in [2.45, 2.75) is 62.7 Å². The molecule has 2 bridgehead atoms. The first kappa shape index (κ1) is 22.0. The van der Waals surface area contributed by atoms with Crippen molar-refractivity contribution in [2.24, 2.45) is 5.41 Å². The summed E-state index contributed by atoms with van der Waals surface area (Å²) in [6.45, 7) is 0.108. The molecule has 1 saturated heterocycles. The molecule has 5 rings (SSSR count). The lowest BCUT2D eigenvalue weighted by molar-refractivity contribution is -0.137. The van der Waals surface area contributed by atoms with Gasteiger partial charge >= 0.3 is 0 Å². The van der Waals surface area contributed by atoms with Crippen molar-refractivity contribution in [3.63, 3.8) is 0 Å². The zero-order chi connectivity index (χ0) is 22.2. The van der Waals surface area contributed by atoms with Crippen molar-refractivity contribution in [2.75, 3.05) is 25.0 Å². The van der Waals surface area contributed by atoms with Crippen LogP contribution in [0.3, 0.4) is 0 Å². The third-order valence-corrected chi connectivity index (χ3v) is 7.80. The minimum absolute atomic E-state index is 0.000383. The summed E-state index contributed by atoms with van der Waals surface area (Å²) in [5.41, 5.74) is 0.316. The maximum absolute atomic E-state index is 13.6. The average molecular weight is 447 g/mol. The highest BCUT2D eigenvalue weighted by atomic mass is 35.5. The molecule has 1 heterocycles. The summed E-state index contributed by atoms with van der Waals surface area (Å²) in [5, 5.41) is 13.2. The Morgan fingerprint density at radius 3 is 2.42 bits per heavy atom. The molecule has 4 aliphatic rings. The zero-order valence-corrected chi connectivity index (χ0v) is 18.5. The first-order valence-electron chi connectivity index (χ1n) is 10.9. The normalized spacial score (nSPS) is 32.0. The van der Waals surface area contributed by atoms with Gasteiger partial charge in [-0.1, -0.05) is 11.6 Å². The van der Waals surface area contributed by atoms with Gasteiger partial charge in [0.2, 0.25) is 11.8 Å². The number of alkyl halides is 1. The number of amides is 2. The van der Waals surface area contributed by atoms with Crippen LogP contribution in [0.4, 0.5) is 10.1 Å². The van der Waals surface area contributed by atoms with E-state index >= 15 is 0 Å². The number of nitrogens with one attached hydrogen (secondary N) is 1. The molecule has 3 aliphatic carbocycles. The van der Waals surface area contributed by atoms with Crippen LogP contribution in [0, 0.1) is 16.7 Å². The van der Waals surface area contributed by atoms with Crippen molar-refractivity contribution >= 4 is 29.1 Å². The molecule has 1 aromatic rings. The monoisotopic (exact) mass is 446 g/mol. The van der Waals surface area contributed by atoms with Crippen molar-refractivity contribution in [1.82, 2.24) is 10.2 Å². The number of carbonyl (C=O) groups is 2. The summed E-state index contributed by atoms with van der Waals surface area (Å²) in [6, 6.07) is 8.64. The van der Waals surface area contributed by atoms with Gasteiger partial charge < -0.3 is 15.1 Å². The predicted octanol–water partition coefficient (Wildman–Crippen LogP) is 3.45. The Morgan fingerprint density at radius 2 is 1.84 bits per heavy atom. The van der Waals surface area contributed by atoms with Gasteiger partial charge in [0.1, 0.15) is 12.2 Å². The molecule has 31 heavy (non-hydrogen) atoms. The van der Waals surface area contributed by atoms with Gasteiger partial charge in [0.05, 0.1) is 19.2 Å². The summed E-state index contributed by atoms with van der Waals surface area (Å²) in [4.78, 5) is 29.0. The van der Waals surface area contributed by atoms with E-state index in [1.54, 1.807) is 17.0 Å². The first-order chi connectivity index (χ1) is 14.8. The Hall–Kier alpha value is -2.17. The number of anilines is 1. The summed E-state index contributed by atoms with van der Waals surface area (Å²) in [6.07, 6.45) is 3.79. The van der Waals surface area contributed by atoms with E-state index in [0.29, 0.717) is 5.02 Å². The number of benzene rings is 1. The molecule has 2 atom stereocenters. The number of nitrogens with zero attached hydrogens (tertiary/aromatic N) is 3. The average Bonchev–Trinajstić information content (AvgIpc) is 3.19. The van der Waals surface area contributed by atoms with Crippen LogP contribution in [0.25, 0.3) is 0 Å². The Labute approximate surface area is 187 Å². The molecule has 1 aromatic carbocycles. The third-order valence-electron chi connectivity index (χ3n) is 7.55. The van der Waals surface area contributed by atoms with Gasteiger partial charge in [-0.15, -0.1) is 0 Å². The number of halogens is 2. The topological polar surface area (TPSA) is 76.4 Å². The van der Waals surface area contributed by atoms with Crippen LogP contribution in [-0.4, -0.2) is 54.6 Å². The number of hydrogen-bond donors (Lipinski definition) is 1. The second kappa shape index (κ2) is 8.40. The molecular weight excluding hydrogens is 419 g/mol. The minimum atomic E-state index is -1.12. The van der Waals surface area contributed by atoms with Crippen LogP contribution in [0.5, 0.6) is 0 Å². The highest BCUT2D eigenvalue weighted by molar-refractivity contribution is 6.30. The Balaban J connectivity index is 1.35. The zero-order valence-electron chi connectivity index (χ0n) is 17.7. The first-order valence-corrected chi connectivity index (χ1v) is 11.3. The van der Waals surface area contributed by atoms with Gasteiger partial charge in [-0.05, 0) is 62.8 Å². The molecule has 166 valence electrons. The second-order valence-electron chi connectivity index (χ2n) is 9.28. The number of rotatable bonds is 5. The van der Waals surface area contributed by atoms with Gasteiger partial charge in [0.25, 0.3) is 0 Å². The van der Waals surface area contributed by atoms with Crippen LogP contribution in [0.1, 0.15) is 44.9 Å². The third kappa shape index (κ3) is 4.16. The molecule has 0 radical (unpaired) electrons. The maximum atomic E-state index is 13.6. The standard InChI is InChI=1S/C23H28ClFN4O2/c1-28(18-4-2-16(24)3-5-18)21(31)22-6-9-23(10-7-22,11-8-22)27-14-20(30)29-15-17(25)12-19(29)13-26/h2-5,17,19,27H,6-12,14-15H2,1H3/t17-,19-,22?,23?/m0/s1. The van der Waals surface area contributed by atoms with E-state index in [0.717, 1.165) is 44.2 Å². The molecule has 6 nitrogen and oxygen atoms in total. The Morgan fingerprint density at radius 1 is 1.23 bits per heavy atom. The van der Waals surface area contributed by atoms with Gasteiger partial charge in [0, 0.05) is 35.1 Å². The number of carbonyl (C=O) groups excluding carboxylic acids is 2. The van der Waals surface area contributed by atoms with E-state index in [-0.39, 0.29) is 42.3 Å². The van der Waals surface area contributed by atoms with Crippen LogP contribution in [0.2, 0.25) is 5.02 Å². The lowest BCUT2D eigenvalue weighted by Crippen LogP contribution is -2.60. The van der Waals surface area contributed by atoms with E-state index in [1.807, 2.05) is 25.2 Å². The Bertz CT molecular complexity index is 875. The molecule has 0 unspecified atom stereocenters. The fourth-order valence-electron chi connectivity index (χ4n) is 5.46. The SMILES string of the molecule is CN(C(=O)C12CCC(NCC(=O)N3C[C@@H](F)C[C@H]3C#N)(CC1)CC2)c1ccc(Cl)cc1. The lowest BCUT2D eigenvalue weighted by Gasteiger charge is -2.53. The van der Waals surface area contributed by atoms with Gasteiger partial charge in [0.15, 0.2) is 0 Å². The van der Waals surface area contributed by atoms with Crippen molar-refractivity contribution < 1.29 is 14.0 Å². The largest absolute Gasteiger partial charge is 0.323 e. The molecule has 3 saturated carbocycles. The van der Waals surface area contributed by atoms with Gasteiger partial charge in [-0.3, -0.25) is 9.59 Å². The van der Waals surface area contributed by atoms with E-state index in [1.165, 1.54) is 4.90 Å². The van der Waals surface area contributed by atoms with Crippen LogP contribution >= 0.6 is 11.6 Å². The maximum Gasteiger partial charge on any atom is 0.237 e. The molecule has 8 heteroatoms. The van der Waals surface area contributed by atoms with Crippen LogP contribution < -0.4 is 10.2 Å². The van der Waals surface area contributed by atoms with E-state index in [2.05, 4.69) is 5.32 Å². The fraction of sp³-hybridized carbons (Fsp3) is 0.609. The van der Waals surface area contributed by atoms with E-state index < -0.39 is 12.2 Å². The van der Waals surface area contributed by atoms with Gasteiger partial charge in [-0.25, -0.2) is 4.39 Å². The van der Waals surface area contributed by atoms with Crippen LogP contribution in [0.15, 0.2) is 24.3 Å². The van der Waals surface area contributed by atoms with Crippen molar-refractivity contribution in [1.29, 1.82) is 5.26 Å². The molecular formula is C23H28ClFN4O2. The summed E-state index contributed by atoms with van der Waals surface area (Å²) < 4.78 is 13.6. The highest BCUT2D eigenvalue weighted by Crippen LogP contribution is 2.53. The minimum Gasteiger partial charge on any atom is -0.323 e. The van der Waals surface area contributed by atoms with Crippen LogP contribution in [-0.2, 0) is 9.59 Å². The molecule has 1 N–H and O–H groups in total. The summed E-state index contributed by atoms with van der Waals surface area (Å²) in [5.74, 6) is -0.0795. The fourth-order valence-corrected chi connectivity index (χ4v) is 5.58. The number of hydrogen-bond acceptors (Lipinski definition) is 4. The van der Waals surface area contributed by atoms with E-state index in [9.17, 15) is 19.2 Å². The van der Waals surface area contributed by atoms with Crippen molar-refractivity contribution in [3.05, 3.63) is 29.3 Å². The highest BCUT2D eigenvalue weighted by Gasteiger charge is 2.53. The second-order valence-corrected chi connectivity index (χ2v) is 9.72. The van der Waals surface area contributed by atoms with Crippen molar-refractivity contribution in [3.8, 4) is 6.07 Å². The number of likely N-dealkylation sites (tertiary alicyclic amines) is 1. The van der Waals surface area contributed by atoms with E-state index in [4.69, 9.17) is 11.6 Å².